The van der Waals surface area contributed by atoms with Crippen molar-refractivity contribution >= 4 is 29.3 Å². The Bertz CT molecular complexity index is 934. The minimum absolute atomic E-state index is 0.138. The summed E-state index contributed by atoms with van der Waals surface area (Å²) in [5.41, 5.74) is 2.44. The van der Waals surface area contributed by atoms with Crippen LogP contribution in [0.5, 0.6) is 0 Å². The van der Waals surface area contributed by atoms with E-state index >= 15 is 0 Å². The van der Waals surface area contributed by atoms with Crippen LogP contribution in [0.25, 0.3) is 0 Å². The Labute approximate surface area is 181 Å². The molecule has 2 aromatic rings. The molecule has 8 heteroatoms. The van der Waals surface area contributed by atoms with Gasteiger partial charge in [0.15, 0.2) is 5.78 Å². The lowest BCUT2D eigenvalue weighted by molar-refractivity contribution is 0.0587. The number of amides is 1. The van der Waals surface area contributed by atoms with Gasteiger partial charge in [-0.15, -0.1) is 0 Å². The molecule has 162 valence electrons. The van der Waals surface area contributed by atoms with E-state index in [9.17, 15) is 14.4 Å². The van der Waals surface area contributed by atoms with Crippen molar-refractivity contribution in [2.75, 3.05) is 33.9 Å². The van der Waals surface area contributed by atoms with Crippen LogP contribution in [-0.4, -0.2) is 61.0 Å². The molecule has 0 atom stereocenters. The van der Waals surface area contributed by atoms with Crippen LogP contribution < -0.4 is 0 Å². The second-order valence-electron chi connectivity index (χ2n) is 6.82. The number of benzene rings is 1. The van der Waals surface area contributed by atoms with Gasteiger partial charge in [-0.1, -0.05) is 11.6 Å². The number of esters is 1. The van der Waals surface area contributed by atoms with E-state index in [-0.39, 0.29) is 31.4 Å². The van der Waals surface area contributed by atoms with Crippen molar-refractivity contribution in [1.82, 2.24) is 9.47 Å². The Morgan fingerprint density at radius 1 is 1.10 bits per heavy atom. The molecular weight excluding hydrogens is 408 g/mol. The number of nitrogens with zero attached hydrogens (tertiary/aromatic N) is 2. The number of rotatable bonds is 9. The summed E-state index contributed by atoms with van der Waals surface area (Å²) in [7, 11) is 2.84. The van der Waals surface area contributed by atoms with Gasteiger partial charge in [0.05, 0.1) is 20.3 Å². The Morgan fingerprint density at radius 2 is 1.73 bits per heavy atom. The summed E-state index contributed by atoms with van der Waals surface area (Å²) in [6, 6.07) is 6.50. The fourth-order valence-corrected chi connectivity index (χ4v) is 3.67. The van der Waals surface area contributed by atoms with Crippen molar-refractivity contribution in [2.24, 2.45) is 0 Å². The molecule has 1 heterocycles. The number of ether oxygens (including phenoxy) is 2. The molecule has 1 aromatic heterocycles. The lowest BCUT2D eigenvalue weighted by Crippen LogP contribution is -2.38. The normalized spacial score (nSPS) is 10.7. The molecule has 30 heavy (non-hydrogen) atoms. The van der Waals surface area contributed by atoms with Gasteiger partial charge in [-0.2, -0.15) is 0 Å². The van der Waals surface area contributed by atoms with Gasteiger partial charge in [0.25, 0.3) is 5.91 Å². The van der Waals surface area contributed by atoms with E-state index in [0.717, 1.165) is 0 Å². The standard InChI is InChI=1S/C22H27ClN2O5/c1-6-25-15(3)19(14(2)20(25)22(28)30-5)18(26)13-24(11-12-29-4)21(27)16-7-9-17(23)10-8-16/h7-10H,6,11-13H2,1-5H3. The van der Waals surface area contributed by atoms with Gasteiger partial charge in [-0.05, 0) is 50.6 Å². The smallest absolute Gasteiger partial charge is 0.354 e. The van der Waals surface area contributed by atoms with E-state index in [2.05, 4.69) is 0 Å². The van der Waals surface area contributed by atoms with Gasteiger partial charge in [0.1, 0.15) is 5.69 Å². The van der Waals surface area contributed by atoms with E-state index in [1.807, 2.05) is 6.92 Å². The summed E-state index contributed by atoms with van der Waals surface area (Å²) >= 11 is 5.91. The third kappa shape index (κ3) is 4.91. The van der Waals surface area contributed by atoms with Crippen molar-refractivity contribution in [3.05, 3.63) is 57.4 Å². The van der Waals surface area contributed by atoms with E-state index < -0.39 is 5.97 Å². The second-order valence-corrected chi connectivity index (χ2v) is 7.26. The minimum Gasteiger partial charge on any atom is -0.464 e. The van der Waals surface area contributed by atoms with Crippen LogP contribution in [0.4, 0.5) is 0 Å². The van der Waals surface area contributed by atoms with E-state index in [1.54, 1.807) is 42.7 Å². The Hall–Kier alpha value is -2.64. The molecule has 0 bridgehead atoms. The average molecular weight is 435 g/mol. The zero-order valence-electron chi connectivity index (χ0n) is 18.0. The Kier molecular flexibility index (Phi) is 8.20. The van der Waals surface area contributed by atoms with Crippen LogP contribution in [-0.2, 0) is 16.0 Å². The number of Topliss-reactive ketones (excluding diaryl/α,β-unsaturated/α-hetero) is 1. The molecule has 0 aliphatic rings. The fourth-order valence-electron chi connectivity index (χ4n) is 3.54. The van der Waals surface area contributed by atoms with E-state index in [1.165, 1.54) is 19.1 Å². The first-order valence-corrected chi connectivity index (χ1v) is 9.99. The van der Waals surface area contributed by atoms with Crippen LogP contribution in [0.2, 0.25) is 5.02 Å². The molecule has 0 spiro atoms. The molecule has 0 radical (unpaired) electrons. The highest BCUT2D eigenvalue weighted by atomic mass is 35.5. The van der Waals surface area contributed by atoms with Crippen LogP contribution in [0.3, 0.4) is 0 Å². The maximum Gasteiger partial charge on any atom is 0.354 e. The number of carbonyl (C=O) groups excluding carboxylic acids is 3. The Balaban J connectivity index is 2.38. The maximum absolute atomic E-state index is 13.2. The maximum atomic E-state index is 13.2. The number of hydrogen-bond donors (Lipinski definition) is 0. The second kappa shape index (κ2) is 10.4. The third-order valence-corrected chi connectivity index (χ3v) is 5.27. The van der Waals surface area contributed by atoms with Crippen molar-refractivity contribution in [3.8, 4) is 0 Å². The third-order valence-electron chi connectivity index (χ3n) is 5.02. The first-order valence-electron chi connectivity index (χ1n) is 9.61. The number of halogens is 1. The molecule has 7 nitrogen and oxygen atoms in total. The molecule has 2 rings (SSSR count). The molecule has 0 aliphatic carbocycles. The molecule has 1 amide bonds. The zero-order valence-corrected chi connectivity index (χ0v) is 18.7. The van der Waals surface area contributed by atoms with Crippen LogP contribution in [0.1, 0.15) is 49.4 Å². The van der Waals surface area contributed by atoms with Gasteiger partial charge < -0.3 is 18.9 Å². The highest BCUT2D eigenvalue weighted by Gasteiger charge is 2.28. The number of methoxy groups -OCH3 is 2. The van der Waals surface area contributed by atoms with Gasteiger partial charge in [0.2, 0.25) is 0 Å². The van der Waals surface area contributed by atoms with Crippen molar-refractivity contribution in [2.45, 2.75) is 27.3 Å². The van der Waals surface area contributed by atoms with Crippen molar-refractivity contribution < 1.29 is 23.9 Å². The van der Waals surface area contributed by atoms with E-state index in [0.29, 0.717) is 39.6 Å². The summed E-state index contributed by atoms with van der Waals surface area (Å²) < 4.78 is 11.8. The Morgan fingerprint density at radius 3 is 2.27 bits per heavy atom. The number of hydrogen-bond acceptors (Lipinski definition) is 5. The SMILES string of the molecule is CCn1c(C)c(C(=O)CN(CCOC)C(=O)c2ccc(Cl)cc2)c(C)c1C(=O)OC. The molecule has 0 N–H and O–H groups in total. The summed E-state index contributed by atoms with van der Waals surface area (Å²) in [5.74, 6) is -1.04. The molecule has 0 fully saturated rings. The zero-order chi connectivity index (χ0) is 22.4. The first-order chi connectivity index (χ1) is 14.3. The highest BCUT2D eigenvalue weighted by Crippen LogP contribution is 2.24. The van der Waals surface area contributed by atoms with Gasteiger partial charge in [0, 0.05) is 42.0 Å². The molecule has 0 saturated carbocycles. The highest BCUT2D eigenvalue weighted by molar-refractivity contribution is 6.30. The lowest BCUT2D eigenvalue weighted by atomic mass is 10.0. The topological polar surface area (TPSA) is 77.8 Å². The van der Waals surface area contributed by atoms with Crippen LogP contribution in [0.15, 0.2) is 24.3 Å². The van der Waals surface area contributed by atoms with Gasteiger partial charge in [-0.3, -0.25) is 9.59 Å². The van der Waals surface area contributed by atoms with Gasteiger partial charge >= 0.3 is 5.97 Å². The predicted octanol–water partition coefficient (Wildman–Crippen LogP) is 3.54. The summed E-state index contributed by atoms with van der Waals surface area (Å²) in [6.07, 6.45) is 0. The number of aromatic nitrogens is 1. The minimum atomic E-state index is -0.495. The number of ketones is 1. The summed E-state index contributed by atoms with van der Waals surface area (Å²) in [5, 5.41) is 0.522. The number of carbonyl (C=O) groups is 3. The molecule has 0 unspecified atom stereocenters. The molecule has 0 aliphatic heterocycles. The van der Waals surface area contributed by atoms with Crippen LogP contribution >= 0.6 is 11.6 Å². The lowest BCUT2D eigenvalue weighted by Gasteiger charge is -2.22. The summed E-state index contributed by atoms with van der Waals surface area (Å²) in [4.78, 5) is 39.9. The quantitative estimate of drug-likeness (QED) is 0.445. The molecule has 0 saturated heterocycles. The fraction of sp³-hybridized carbons (Fsp3) is 0.409. The monoisotopic (exact) mass is 434 g/mol. The largest absolute Gasteiger partial charge is 0.464 e. The van der Waals surface area contributed by atoms with Gasteiger partial charge in [-0.25, -0.2) is 4.79 Å². The van der Waals surface area contributed by atoms with Crippen molar-refractivity contribution in [1.29, 1.82) is 0 Å². The summed E-state index contributed by atoms with van der Waals surface area (Å²) in [6.45, 7) is 6.31. The van der Waals surface area contributed by atoms with Crippen molar-refractivity contribution in [3.63, 3.8) is 0 Å². The molecule has 1 aromatic carbocycles. The van der Waals surface area contributed by atoms with Crippen LogP contribution in [0, 0.1) is 13.8 Å². The predicted molar refractivity (Wildman–Crippen MR) is 114 cm³/mol. The van der Waals surface area contributed by atoms with E-state index in [4.69, 9.17) is 21.1 Å². The average Bonchev–Trinajstić information content (AvgIpc) is 2.99. The first kappa shape index (κ1) is 23.6. The molecular formula is C22H27ClN2O5.